The first-order valence-electron chi connectivity index (χ1n) is 4.72. The number of carbonyl (C=O) groups is 3. The molecule has 0 aliphatic carbocycles. The van der Waals surface area contributed by atoms with Gasteiger partial charge in [0.2, 0.25) is 11.8 Å². The minimum atomic E-state index is -1.16. The standard InChI is InChI=1S/C9H16N2O5/c1-5(2)8(9(10)15)11-6(12)3-16-4-7(13)14/h5,8H,3-4H2,1-2H3,(H2,10,15)(H,11,12)(H,13,14). The highest BCUT2D eigenvalue weighted by Crippen LogP contribution is 2.00. The maximum Gasteiger partial charge on any atom is 0.329 e. The van der Waals surface area contributed by atoms with Gasteiger partial charge in [0.25, 0.3) is 0 Å². The maximum absolute atomic E-state index is 11.2. The molecule has 16 heavy (non-hydrogen) atoms. The molecule has 0 aromatic heterocycles. The maximum atomic E-state index is 11.2. The summed E-state index contributed by atoms with van der Waals surface area (Å²) in [5, 5.41) is 10.6. The van der Waals surface area contributed by atoms with E-state index in [2.05, 4.69) is 10.1 Å². The third-order valence-corrected chi connectivity index (χ3v) is 1.75. The lowest BCUT2D eigenvalue weighted by Gasteiger charge is -2.18. The Morgan fingerprint density at radius 2 is 1.88 bits per heavy atom. The van der Waals surface area contributed by atoms with E-state index in [0.29, 0.717) is 0 Å². The molecule has 4 N–H and O–H groups in total. The molecule has 0 aromatic carbocycles. The summed E-state index contributed by atoms with van der Waals surface area (Å²) in [7, 11) is 0. The van der Waals surface area contributed by atoms with Crippen molar-refractivity contribution in [3.63, 3.8) is 0 Å². The molecule has 0 aliphatic rings. The van der Waals surface area contributed by atoms with Gasteiger partial charge in [-0.25, -0.2) is 4.79 Å². The fraction of sp³-hybridized carbons (Fsp3) is 0.667. The van der Waals surface area contributed by atoms with Crippen molar-refractivity contribution >= 4 is 17.8 Å². The largest absolute Gasteiger partial charge is 0.480 e. The summed E-state index contributed by atoms with van der Waals surface area (Å²) in [5.41, 5.74) is 5.07. The van der Waals surface area contributed by atoms with Crippen molar-refractivity contribution in [2.45, 2.75) is 19.9 Å². The zero-order chi connectivity index (χ0) is 12.7. The van der Waals surface area contributed by atoms with Gasteiger partial charge >= 0.3 is 5.97 Å². The minimum Gasteiger partial charge on any atom is -0.480 e. The van der Waals surface area contributed by atoms with Crippen LogP contribution in [0.25, 0.3) is 0 Å². The lowest BCUT2D eigenvalue weighted by molar-refractivity contribution is -0.144. The summed E-state index contributed by atoms with van der Waals surface area (Å²) in [5.74, 6) is -2.51. The number of nitrogens with one attached hydrogen (secondary N) is 1. The van der Waals surface area contributed by atoms with Gasteiger partial charge in [-0.15, -0.1) is 0 Å². The number of amides is 2. The number of nitrogens with two attached hydrogens (primary N) is 1. The van der Waals surface area contributed by atoms with Gasteiger partial charge in [-0.1, -0.05) is 13.8 Å². The molecule has 0 aliphatic heterocycles. The van der Waals surface area contributed by atoms with Crippen molar-refractivity contribution in [2.75, 3.05) is 13.2 Å². The molecular formula is C9H16N2O5. The minimum absolute atomic E-state index is 0.138. The Hall–Kier alpha value is -1.63. The van der Waals surface area contributed by atoms with E-state index in [4.69, 9.17) is 10.8 Å². The van der Waals surface area contributed by atoms with Crippen LogP contribution in [0.5, 0.6) is 0 Å². The average molecular weight is 232 g/mol. The van der Waals surface area contributed by atoms with Gasteiger partial charge in [0, 0.05) is 0 Å². The highest BCUT2D eigenvalue weighted by Gasteiger charge is 2.21. The van der Waals surface area contributed by atoms with Crippen LogP contribution in [0.4, 0.5) is 0 Å². The van der Waals surface area contributed by atoms with Crippen molar-refractivity contribution in [1.82, 2.24) is 5.32 Å². The molecule has 0 fully saturated rings. The highest BCUT2D eigenvalue weighted by molar-refractivity contribution is 5.87. The van der Waals surface area contributed by atoms with Crippen LogP contribution in [-0.2, 0) is 19.1 Å². The number of rotatable bonds is 7. The molecule has 0 spiro atoms. The summed E-state index contributed by atoms with van der Waals surface area (Å²) in [6, 6.07) is -0.777. The van der Waals surface area contributed by atoms with Crippen molar-refractivity contribution < 1.29 is 24.2 Å². The second kappa shape index (κ2) is 6.78. The predicted molar refractivity (Wildman–Crippen MR) is 54.4 cm³/mol. The quantitative estimate of drug-likeness (QED) is 0.504. The third-order valence-electron chi connectivity index (χ3n) is 1.75. The molecule has 2 amide bonds. The van der Waals surface area contributed by atoms with Gasteiger partial charge < -0.3 is 20.9 Å². The number of hydrogen-bond acceptors (Lipinski definition) is 4. The highest BCUT2D eigenvalue weighted by atomic mass is 16.5. The molecule has 0 saturated carbocycles. The van der Waals surface area contributed by atoms with Crippen LogP contribution in [0.15, 0.2) is 0 Å². The molecule has 92 valence electrons. The molecular weight excluding hydrogens is 216 g/mol. The first-order chi connectivity index (χ1) is 7.34. The monoisotopic (exact) mass is 232 g/mol. The van der Waals surface area contributed by atoms with E-state index in [1.807, 2.05) is 0 Å². The van der Waals surface area contributed by atoms with Crippen LogP contribution < -0.4 is 11.1 Å². The van der Waals surface area contributed by atoms with E-state index in [1.54, 1.807) is 13.8 Å². The fourth-order valence-electron chi connectivity index (χ4n) is 1.01. The van der Waals surface area contributed by atoms with Gasteiger partial charge in [0.1, 0.15) is 19.3 Å². The summed E-state index contributed by atoms with van der Waals surface area (Å²) in [6.45, 7) is 2.49. The van der Waals surface area contributed by atoms with E-state index < -0.39 is 37.0 Å². The summed E-state index contributed by atoms with van der Waals surface area (Å²) in [6.07, 6.45) is 0. The van der Waals surface area contributed by atoms with Crippen LogP contribution in [0.3, 0.4) is 0 Å². The Morgan fingerprint density at radius 1 is 1.31 bits per heavy atom. The Kier molecular flexibility index (Phi) is 6.09. The zero-order valence-electron chi connectivity index (χ0n) is 9.23. The van der Waals surface area contributed by atoms with Gasteiger partial charge in [0.05, 0.1) is 0 Å². The van der Waals surface area contributed by atoms with Crippen LogP contribution in [0, 0.1) is 5.92 Å². The number of hydrogen-bond donors (Lipinski definition) is 3. The van der Waals surface area contributed by atoms with Crippen LogP contribution >= 0.6 is 0 Å². The Balaban J connectivity index is 4.01. The summed E-state index contributed by atoms with van der Waals surface area (Å²) >= 11 is 0. The molecule has 7 heteroatoms. The van der Waals surface area contributed by atoms with Gasteiger partial charge in [-0.3, -0.25) is 9.59 Å². The van der Waals surface area contributed by atoms with Crippen LogP contribution in [0.1, 0.15) is 13.8 Å². The molecule has 0 heterocycles. The number of carbonyl (C=O) groups excluding carboxylic acids is 2. The first kappa shape index (κ1) is 14.4. The molecule has 1 atom stereocenters. The van der Waals surface area contributed by atoms with E-state index >= 15 is 0 Å². The molecule has 0 rings (SSSR count). The van der Waals surface area contributed by atoms with Crippen molar-refractivity contribution in [3.05, 3.63) is 0 Å². The lowest BCUT2D eigenvalue weighted by atomic mass is 10.0. The second-order valence-electron chi connectivity index (χ2n) is 3.58. The van der Waals surface area contributed by atoms with E-state index in [-0.39, 0.29) is 5.92 Å². The number of carboxylic acid groups (broad SMARTS) is 1. The third kappa shape index (κ3) is 5.97. The van der Waals surface area contributed by atoms with E-state index in [1.165, 1.54) is 0 Å². The Labute approximate surface area is 92.9 Å². The van der Waals surface area contributed by atoms with Gasteiger partial charge in [-0.2, -0.15) is 0 Å². The lowest BCUT2D eigenvalue weighted by Crippen LogP contribution is -2.48. The summed E-state index contributed by atoms with van der Waals surface area (Å²) in [4.78, 5) is 32.2. The zero-order valence-corrected chi connectivity index (χ0v) is 9.23. The van der Waals surface area contributed by atoms with Crippen LogP contribution in [-0.4, -0.2) is 42.1 Å². The average Bonchev–Trinajstić information content (AvgIpc) is 2.12. The number of carboxylic acids is 1. The predicted octanol–water partition coefficient (Wildman–Crippen LogP) is -1.29. The number of primary amides is 1. The summed E-state index contributed by atoms with van der Waals surface area (Å²) < 4.78 is 4.55. The van der Waals surface area contributed by atoms with Crippen LogP contribution in [0.2, 0.25) is 0 Å². The van der Waals surface area contributed by atoms with E-state index in [0.717, 1.165) is 0 Å². The molecule has 0 radical (unpaired) electrons. The Morgan fingerprint density at radius 3 is 2.25 bits per heavy atom. The fourth-order valence-corrected chi connectivity index (χ4v) is 1.01. The van der Waals surface area contributed by atoms with Crippen molar-refractivity contribution in [2.24, 2.45) is 11.7 Å². The smallest absolute Gasteiger partial charge is 0.329 e. The Bertz CT molecular complexity index is 277. The topological polar surface area (TPSA) is 119 Å². The molecule has 0 bridgehead atoms. The number of aliphatic carboxylic acids is 1. The van der Waals surface area contributed by atoms with E-state index in [9.17, 15) is 14.4 Å². The first-order valence-corrected chi connectivity index (χ1v) is 4.72. The molecule has 1 unspecified atom stereocenters. The van der Waals surface area contributed by atoms with Gasteiger partial charge in [-0.05, 0) is 5.92 Å². The van der Waals surface area contributed by atoms with Crippen molar-refractivity contribution in [3.8, 4) is 0 Å². The van der Waals surface area contributed by atoms with Crippen molar-refractivity contribution in [1.29, 1.82) is 0 Å². The van der Waals surface area contributed by atoms with Gasteiger partial charge in [0.15, 0.2) is 0 Å². The normalized spacial score (nSPS) is 12.2. The molecule has 7 nitrogen and oxygen atoms in total. The molecule has 0 saturated heterocycles. The molecule has 0 aromatic rings. The number of ether oxygens (including phenoxy) is 1. The second-order valence-corrected chi connectivity index (χ2v) is 3.58. The SMILES string of the molecule is CC(C)C(NC(=O)COCC(=O)O)C(N)=O.